The van der Waals surface area contributed by atoms with Gasteiger partial charge < -0.3 is 14.2 Å². The molecule has 1 saturated heterocycles. The highest BCUT2D eigenvalue weighted by molar-refractivity contribution is 5.89. The third kappa shape index (κ3) is 3.59. The summed E-state index contributed by atoms with van der Waals surface area (Å²) in [6.45, 7) is 1.48. The molecule has 0 aromatic carbocycles. The molecular formula is C17H19N3O3. The third-order valence-electron chi connectivity index (χ3n) is 4.06. The van der Waals surface area contributed by atoms with Gasteiger partial charge in [-0.15, -0.1) is 0 Å². The van der Waals surface area contributed by atoms with Crippen LogP contribution in [0.4, 0.5) is 0 Å². The summed E-state index contributed by atoms with van der Waals surface area (Å²) in [6, 6.07) is 5.60. The lowest BCUT2D eigenvalue weighted by molar-refractivity contribution is -0.135. The van der Waals surface area contributed by atoms with Gasteiger partial charge in [0, 0.05) is 51.1 Å². The van der Waals surface area contributed by atoms with E-state index in [1.54, 1.807) is 41.8 Å². The van der Waals surface area contributed by atoms with Crippen LogP contribution in [0.5, 0.6) is 0 Å². The summed E-state index contributed by atoms with van der Waals surface area (Å²) in [5, 5.41) is 0. The van der Waals surface area contributed by atoms with Gasteiger partial charge in [0.1, 0.15) is 0 Å². The van der Waals surface area contributed by atoms with Gasteiger partial charge in [-0.05, 0) is 23.8 Å². The highest BCUT2D eigenvalue weighted by atomic mass is 16.3. The van der Waals surface area contributed by atoms with E-state index in [1.165, 1.54) is 0 Å². The van der Waals surface area contributed by atoms with Crippen LogP contribution in [0, 0.1) is 5.92 Å². The van der Waals surface area contributed by atoms with Crippen LogP contribution in [0.2, 0.25) is 0 Å². The molecule has 0 aliphatic carbocycles. The first kappa shape index (κ1) is 15.3. The molecule has 120 valence electrons. The molecule has 0 bridgehead atoms. The molecule has 6 heteroatoms. The number of likely N-dealkylation sites (tertiary alicyclic amines) is 1. The largest absolute Gasteiger partial charge is 0.472 e. The van der Waals surface area contributed by atoms with Gasteiger partial charge in [0.2, 0.25) is 11.8 Å². The van der Waals surface area contributed by atoms with Crippen LogP contribution in [0.3, 0.4) is 0 Å². The second kappa shape index (κ2) is 6.64. The molecular weight excluding hydrogens is 294 g/mol. The summed E-state index contributed by atoms with van der Waals surface area (Å²) >= 11 is 0. The molecule has 1 aliphatic rings. The average molecular weight is 313 g/mol. The van der Waals surface area contributed by atoms with E-state index in [4.69, 9.17) is 4.42 Å². The summed E-state index contributed by atoms with van der Waals surface area (Å²) in [5.74, 6) is -0.255. The topological polar surface area (TPSA) is 66.7 Å². The highest BCUT2D eigenvalue weighted by Crippen LogP contribution is 2.22. The van der Waals surface area contributed by atoms with E-state index in [9.17, 15) is 9.59 Å². The van der Waals surface area contributed by atoms with Crippen molar-refractivity contribution in [1.29, 1.82) is 0 Å². The second-order valence-electron chi connectivity index (χ2n) is 5.86. The van der Waals surface area contributed by atoms with E-state index in [2.05, 4.69) is 4.98 Å². The van der Waals surface area contributed by atoms with Gasteiger partial charge in [0.25, 0.3) is 0 Å². The number of amides is 2. The zero-order valence-corrected chi connectivity index (χ0v) is 13.0. The van der Waals surface area contributed by atoms with Crippen molar-refractivity contribution in [2.45, 2.75) is 19.5 Å². The van der Waals surface area contributed by atoms with Crippen molar-refractivity contribution in [2.75, 3.05) is 13.6 Å². The van der Waals surface area contributed by atoms with Crippen molar-refractivity contribution in [3.05, 3.63) is 54.2 Å². The predicted octanol–water partition coefficient (Wildman–Crippen LogP) is 1.68. The fourth-order valence-corrected chi connectivity index (χ4v) is 2.85. The number of carbonyl (C=O) groups is 2. The van der Waals surface area contributed by atoms with Crippen molar-refractivity contribution in [3.63, 3.8) is 0 Å². The summed E-state index contributed by atoms with van der Waals surface area (Å²) in [6.07, 6.45) is 6.90. The van der Waals surface area contributed by atoms with E-state index in [0.29, 0.717) is 19.6 Å². The van der Waals surface area contributed by atoms with Gasteiger partial charge in [-0.1, -0.05) is 0 Å². The molecule has 0 spiro atoms. The summed E-state index contributed by atoms with van der Waals surface area (Å²) < 4.78 is 5.02. The Hall–Kier alpha value is -2.63. The fraction of sp³-hybridized carbons (Fsp3) is 0.353. The maximum atomic E-state index is 12.5. The molecule has 0 unspecified atom stereocenters. The molecule has 3 rings (SSSR count). The van der Waals surface area contributed by atoms with Gasteiger partial charge in [-0.25, -0.2) is 0 Å². The van der Waals surface area contributed by atoms with Gasteiger partial charge in [-0.2, -0.15) is 0 Å². The maximum Gasteiger partial charge on any atom is 0.228 e. The quantitative estimate of drug-likeness (QED) is 0.842. The van der Waals surface area contributed by atoms with Gasteiger partial charge in [0.05, 0.1) is 18.4 Å². The van der Waals surface area contributed by atoms with E-state index in [1.807, 2.05) is 18.2 Å². The Morgan fingerprint density at radius 2 is 2.13 bits per heavy atom. The Labute approximate surface area is 134 Å². The van der Waals surface area contributed by atoms with Crippen molar-refractivity contribution < 1.29 is 14.0 Å². The van der Waals surface area contributed by atoms with Gasteiger partial charge in [-0.3, -0.25) is 14.6 Å². The fourth-order valence-electron chi connectivity index (χ4n) is 2.85. The number of pyridine rings is 1. The number of nitrogens with zero attached hydrogens (tertiary/aromatic N) is 3. The van der Waals surface area contributed by atoms with Crippen LogP contribution < -0.4 is 0 Å². The maximum absolute atomic E-state index is 12.5. The lowest BCUT2D eigenvalue weighted by Crippen LogP contribution is -2.34. The van der Waals surface area contributed by atoms with Crippen LogP contribution in [0.1, 0.15) is 17.5 Å². The smallest absolute Gasteiger partial charge is 0.228 e. The molecule has 1 atom stereocenters. The van der Waals surface area contributed by atoms with Crippen molar-refractivity contribution in [3.8, 4) is 0 Å². The van der Waals surface area contributed by atoms with Gasteiger partial charge in [0.15, 0.2) is 0 Å². The molecule has 0 radical (unpaired) electrons. The van der Waals surface area contributed by atoms with Crippen molar-refractivity contribution in [2.24, 2.45) is 5.92 Å². The first-order valence-corrected chi connectivity index (χ1v) is 7.56. The first-order chi connectivity index (χ1) is 11.1. The molecule has 1 fully saturated rings. The van der Waals surface area contributed by atoms with Crippen LogP contribution in [-0.4, -0.2) is 40.2 Å². The minimum Gasteiger partial charge on any atom is -0.472 e. The standard InChI is InChI=1S/C17H19N3O3/c1-19(9-14-4-7-23-12-14)17(22)15-8-16(21)20(11-15)10-13-2-5-18-6-3-13/h2-7,12,15H,8-11H2,1H3/t15-/m0/s1. The number of rotatable bonds is 5. The highest BCUT2D eigenvalue weighted by Gasteiger charge is 2.35. The van der Waals surface area contributed by atoms with E-state index >= 15 is 0 Å². The Bertz CT molecular complexity index is 670. The van der Waals surface area contributed by atoms with E-state index in [-0.39, 0.29) is 24.2 Å². The summed E-state index contributed by atoms with van der Waals surface area (Å²) in [4.78, 5) is 32.0. The van der Waals surface area contributed by atoms with Crippen LogP contribution in [-0.2, 0) is 22.7 Å². The molecule has 23 heavy (non-hydrogen) atoms. The minimum absolute atomic E-state index is 0.00298. The number of furan rings is 1. The Balaban J connectivity index is 1.59. The van der Waals surface area contributed by atoms with Crippen molar-refractivity contribution >= 4 is 11.8 Å². The van der Waals surface area contributed by atoms with Crippen molar-refractivity contribution in [1.82, 2.24) is 14.8 Å². The lowest BCUT2D eigenvalue weighted by Gasteiger charge is -2.21. The minimum atomic E-state index is -0.277. The molecule has 3 heterocycles. The Morgan fingerprint density at radius 3 is 2.83 bits per heavy atom. The number of hydrogen-bond acceptors (Lipinski definition) is 4. The zero-order valence-electron chi connectivity index (χ0n) is 13.0. The number of aromatic nitrogens is 1. The third-order valence-corrected chi connectivity index (χ3v) is 4.06. The van der Waals surface area contributed by atoms with Crippen LogP contribution in [0.25, 0.3) is 0 Å². The molecule has 6 nitrogen and oxygen atoms in total. The average Bonchev–Trinajstić information content (AvgIpc) is 3.18. The van der Waals surface area contributed by atoms with Crippen LogP contribution in [0.15, 0.2) is 47.5 Å². The second-order valence-corrected chi connectivity index (χ2v) is 5.86. The monoisotopic (exact) mass is 313 g/mol. The molecule has 1 aliphatic heterocycles. The van der Waals surface area contributed by atoms with Crippen LogP contribution >= 0.6 is 0 Å². The Morgan fingerprint density at radius 1 is 1.35 bits per heavy atom. The molecule has 2 amide bonds. The first-order valence-electron chi connectivity index (χ1n) is 7.56. The van der Waals surface area contributed by atoms with E-state index in [0.717, 1.165) is 11.1 Å². The Kier molecular flexibility index (Phi) is 4.41. The zero-order chi connectivity index (χ0) is 16.2. The lowest BCUT2D eigenvalue weighted by atomic mass is 10.1. The van der Waals surface area contributed by atoms with E-state index < -0.39 is 0 Å². The summed E-state index contributed by atoms with van der Waals surface area (Å²) in [5.41, 5.74) is 1.96. The SMILES string of the molecule is CN(Cc1ccoc1)C(=O)[C@H]1CC(=O)N(Cc2ccncc2)C1. The molecule has 0 saturated carbocycles. The van der Waals surface area contributed by atoms with Gasteiger partial charge >= 0.3 is 0 Å². The molecule has 2 aromatic heterocycles. The number of hydrogen-bond donors (Lipinski definition) is 0. The normalized spacial score (nSPS) is 17.5. The number of carbonyl (C=O) groups excluding carboxylic acids is 2. The molecule has 2 aromatic rings. The predicted molar refractivity (Wildman–Crippen MR) is 82.9 cm³/mol. The summed E-state index contributed by atoms with van der Waals surface area (Å²) in [7, 11) is 1.76. The molecule has 0 N–H and O–H groups in total.